The first-order valence-corrected chi connectivity index (χ1v) is 11.3. The van der Waals surface area contributed by atoms with E-state index in [0.29, 0.717) is 29.6 Å². The van der Waals surface area contributed by atoms with E-state index >= 15 is 0 Å². The van der Waals surface area contributed by atoms with Crippen molar-refractivity contribution in [2.24, 2.45) is 0 Å². The van der Waals surface area contributed by atoms with Crippen LogP contribution in [0, 0.1) is 0 Å². The van der Waals surface area contributed by atoms with Gasteiger partial charge in [0.15, 0.2) is 0 Å². The Hall–Kier alpha value is -3.28. The molecule has 0 unspecified atom stereocenters. The van der Waals surface area contributed by atoms with Crippen LogP contribution in [0.4, 0.5) is 0 Å². The quantitative estimate of drug-likeness (QED) is 0.371. The van der Waals surface area contributed by atoms with Gasteiger partial charge >= 0.3 is 5.97 Å². The minimum Gasteiger partial charge on any atom is -0.478 e. The number of benzene rings is 3. The number of aromatic nitrogens is 1. The molecular weight excluding hydrogens is 464 g/mol. The Bertz CT molecular complexity index is 1330. The van der Waals surface area contributed by atoms with Gasteiger partial charge in [0.1, 0.15) is 0 Å². The Morgan fingerprint density at radius 3 is 2.44 bits per heavy atom. The summed E-state index contributed by atoms with van der Waals surface area (Å²) in [5.74, 6) is -0.913. The number of carbonyl (C=O) groups is 1. The van der Waals surface area contributed by atoms with Crippen LogP contribution in [0.2, 0.25) is 0 Å². The first-order chi connectivity index (χ1) is 15.6. The van der Waals surface area contributed by atoms with Crippen LogP contribution >= 0.6 is 15.9 Å². The van der Waals surface area contributed by atoms with Crippen molar-refractivity contribution in [1.82, 2.24) is 9.88 Å². The number of hydrogen-bond donors (Lipinski definition) is 1. The van der Waals surface area contributed by atoms with Crippen molar-refractivity contribution in [2.45, 2.75) is 13.1 Å². The van der Waals surface area contributed by atoms with Gasteiger partial charge in [-0.1, -0.05) is 76.6 Å². The molecule has 0 saturated heterocycles. The topological polar surface area (TPSA) is 53.4 Å². The molecule has 0 saturated carbocycles. The standard InChI is InChI=1S/C27H21BrN2O2/c28-21-12-10-18(11-13-21)14-20-16-30(15-19-6-2-1-3-7-19)17-23-25(27(31)32)22-8-4-5-9-24(22)29-26(20)23/h1-14H,15-17H2,(H,31,32)/b20-14-. The molecule has 0 atom stereocenters. The molecule has 0 fully saturated rings. The number of carboxylic acids is 1. The summed E-state index contributed by atoms with van der Waals surface area (Å²) >= 11 is 3.49. The Morgan fingerprint density at radius 2 is 1.69 bits per heavy atom. The van der Waals surface area contributed by atoms with Crippen molar-refractivity contribution < 1.29 is 9.90 Å². The lowest BCUT2D eigenvalue weighted by Gasteiger charge is -2.31. The molecule has 2 heterocycles. The second-order valence-corrected chi connectivity index (χ2v) is 8.90. The average molecular weight is 485 g/mol. The van der Waals surface area contributed by atoms with Crippen LogP contribution in [-0.2, 0) is 13.1 Å². The molecular formula is C27H21BrN2O2. The van der Waals surface area contributed by atoms with Crippen LogP contribution in [-0.4, -0.2) is 27.5 Å². The normalized spacial score (nSPS) is 15.1. The highest BCUT2D eigenvalue weighted by Gasteiger charge is 2.28. The molecule has 5 heteroatoms. The number of fused-ring (bicyclic) bond motifs is 2. The van der Waals surface area contributed by atoms with Gasteiger partial charge in [-0.2, -0.15) is 0 Å². The van der Waals surface area contributed by atoms with Crippen molar-refractivity contribution >= 4 is 44.5 Å². The first kappa shape index (κ1) is 20.6. The molecule has 0 amide bonds. The summed E-state index contributed by atoms with van der Waals surface area (Å²) < 4.78 is 1.02. The number of nitrogens with zero attached hydrogens (tertiary/aromatic N) is 2. The van der Waals surface area contributed by atoms with E-state index in [1.165, 1.54) is 5.56 Å². The van der Waals surface area contributed by atoms with Gasteiger partial charge in [-0.15, -0.1) is 0 Å². The highest BCUT2D eigenvalue weighted by molar-refractivity contribution is 9.10. The average Bonchev–Trinajstić information content (AvgIpc) is 2.80. The molecule has 5 rings (SSSR count). The van der Waals surface area contributed by atoms with Gasteiger partial charge in [-0.3, -0.25) is 4.90 Å². The number of rotatable bonds is 4. The Morgan fingerprint density at radius 1 is 0.969 bits per heavy atom. The fourth-order valence-corrected chi connectivity index (χ4v) is 4.60. The summed E-state index contributed by atoms with van der Waals surface area (Å²) in [5, 5.41) is 10.8. The third-order valence-corrected chi connectivity index (χ3v) is 6.28. The fourth-order valence-electron chi connectivity index (χ4n) is 4.34. The summed E-state index contributed by atoms with van der Waals surface area (Å²) in [6.07, 6.45) is 2.12. The molecule has 3 aromatic carbocycles. The monoisotopic (exact) mass is 484 g/mol. The van der Waals surface area contributed by atoms with Gasteiger partial charge < -0.3 is 5.11 Å². The van der Waals surface area contributed by atoms with E-state index in [-0.39, 0.29) is 0 Å². The number of halogens is 1. The fraction of sp³-hybridized carbons (Fsp3) is 0.111. The third-order valence-electron chi connectivity index (χ3n) is 5.75. The van der Waals surface area contributed by atoms with Gasteiger partial charge in [0.25, 0.3) is 0 Å². The highest BCUT2D eigenvalue weighted by Crippen LogP contribution is 2.34. The predicted molar refractivity (Wildman–Crippen MR) is 131 cm³/mol. The lowest BCUT2D eigenvalue weighted by molar-refractivity contribution is 0.0696. The number of aromatic carboxylic acids is 1. The smallest absolute Gasteiger partial charge is 0.336 e. The van der Waals surface area contributed by atoms with E-state index in [1.807, 2.05) is 66.7 Å². The van der Waals surface area contributed by atoms with E-state index in [2.05, 4.69) is 39.0 Å². The Labute approximate surface area is 195 Å². The zero-order valence-electron chi connectivity index (χ0n) is 17.3. The number of carboxylic acid groups (broad SMARTS) is 1. The van der Waals surface area contributed by atoms with Crippen molar-refractivity contribution in [3.63, 3.8) is 0 Å². The number of pyridine rings is 1. The lowest BCUT2D eigenvalue weighted by Crippen LogP contribution is -2.31. The molecule has 158 valence electrons. The van der Waals surface area contributed by atoms with Gasteiger partial charge in [0.05, 0.1) is 16.8 Å². The highest BCUT2D eigenvalue weighted by atomic mass is 79.9. The Balaban J connectivity index is 1.68. The summed E-state index contributed by atoms with van der Waals surface area (Å²) in [7, 11) is 0. The van der Waals surface area contributed by atoms with Gasteiger partial charge in [-0.25, -0.2) is 9.78 Å². The first-order valence-electron chi connectivity index (χ1n) is 10.5. The Kier molecular flexibility index (Phi) is 5.60. The molecule has 1 aromatic heterocycles. The van der Waals surface area contributed by atoms with Crippen molar-refractivity contribution in [1.29, 1.82) is 0 Å². The number of hydrogen-bond acceptors (Lipinski definition) is 3. The van der Waals surface area contributed by atoms with Crippen LogP contribution in [0.3, 0.4) is 0 Å². The molecule has 0 aliphatic carbocycles. The van der Waals surface area contributed by atoms with Crippen molar-refractivity contribution in [2.75, 3.05) is 6.54 Å². The van der Waals surface area contributed by atoms with Crippen LogP contribution in [0.15, 0.2) is 83.3 Å². The molecule has 1 N–H and O–H groups in total. The summed E-state index contributed by atoms with van der Waals surface area (Å²) in [5.41, 5.74) is 5.91. The van der Waals surface area contributed by atoms with E-state index in [4.69, 9.17) is 4.98 Å². The maximum absolute atomic E-state index is 12.4. The molecule has 1 aliphatic heterocycles. The maximum Gasteiger partial charge on any atom is 0.336 e. The van der Waals surface area contributed by atoms with Crippen LogP contribution in [0.1, 0.15) is 32.7 Å². The molecule has 32 heavy (non-hydrogen) atoms. The summed E-state index contributed by atoms with van der Waals surface area (Å²) in [4.78, 5) is 19.6. The molecule has 4 aromatic rings. The van der Waals surface area contributed by atoms with Crippen molar-refractivity contribution in [3.05, 3.63) is 111 Å². The maximum atomic E-state index is 12.4. The zero-order chi connectivity index (χ0) is 22.1. The SMILES string of the molecule is O=C(O)c1c2c(nc3ccccc13)/C(=C\c1ccc(Br)cc1)CN(Cc1ccccc1)C2. The van der Waals surface area contributed by atoms with E-state index in [1.54, 1.807) is 0 Å². The van der Waals surface area contributed by atoms with E-state index < -0.39 is 5.97 Å². The predicted octanol–water partition coefficient (Wildman–Crippen LogP) is 6.25. The third kappa shape index (κ3) is 4.09. The van der Waals surface area contributed by atoms with Gasteiger partial charge in [0.2, 0.25) is 0 Å². The van der Waals surface area contributed by atoms with Crippen LogP contribution < -0.4 is 0 Å². The van der Waals surface area contributed by atoms with Gasteiger partial charge in [-0.05, 0) is 41.0 Å². The molecule has 4 nitrogen and oxygen atoms in total. The summed E-state index contributed by atoms with van der Waals surface area (Å²) in [6, 6.07) is 25.9. The van der Waals surface area contributed by atoms with Crippen LogP contribution in [0.25, 0.3) is 22.6 Å². The van der Waals surface area contributed by atoms with Crippen molar-refractivity contribution in [3.8, 4) is 0 Å². The van der Waals surface area contributed by atoms with E-state index in [9.17, 15) is 9.90 Å². The van der Waals surface area contributed by atoms with Gasteiger partial charge in [0, 0.05) is 35.1 Å². The second-order valence-electron chi connectivity index (χ2n) is 7.99. The zero-order valence-corrected chi connectivity index (χ0v) is 18.9. The number of para-hydroxylation sites is 1. The van der Waals surface area contributed by atoms with E-state index in [0.717, 1.165) is 33.4 Å². The lowest BCUT2D eigenvalue weighted by atomic mass is 9.91. The summed E-state index contributed by atoms with van der Waals surface area (Å²) in [6.45, 7) is 1.98. The molecule has 0 spiro atoms. The molecule has 0 radical (unpaired) electrons. The minimum absolute atomic E-state index is 0.352. The molecule has 1 aliphatic rings. The molecule has 0 bridgehead atoms. The largest absolute Gasteiger partial charge is 0.478 e. The second kappa shape index (κ2) is 8.69. The van der Waals surface area contributed by atoms with Crippen LogP contribution in [0.5, 0.6) is 0 Å². The minimum atomic E-state index is -0.913.